The average Bonchev–Trinajstić information content (AvgIpc) is 3.33. The van der Waals surface area contributed by atoms with Crippen molar-refractivity contribution in [1.82, 2.24) is 14.5 Å². The first-order chi connectivity index (χ1) is 16.6. The Kier molecular flexibility index (Phi) is 7.27. The number of aromatic nitrogens is 2. The maximum atomic E-state index is 12.8. The van der Waals surface area contributed by atoms with E-state index in [1.165, 1.54) is 40.7 Å². The first-order valence-corrected chi connectivity index (χ1v) is 14.3. The standard InChI is InChI=1S/C22H23ClN4O6S2/c1-2-34(29,30)18-7-3-16(4-8-18)21-25-26-22(33-21)24-20(28)15-11-13-27(14-12-15)35(31,32)19-9-5-17(23)6-10-19/h3-10,15H,2,11-14H2,1H3,(H,24,26,28). The van der Waals surface area contributed by atoms with E-state index in [1.54, 1.807) is 19.1 Å². The lowest BCUT2D eigenvalue weighted by atomic mass is 9.97. The number of rotatable bonds is 7. The van der Waals surface area contributed by atoms with Crippen LogP contribution < -0.4 is 5.32 Å². The third kappa shape index (κ3) is 5.56. The van der Waals surface area contributed by atoms with Crippen molar-refractivity contribution >= 4 is 43.4 Å². The summed E-state index contributed by atoms with van der Waals surface area (Å²) in [6, 6.07) is 11.9. The molecule has 0 unspecified atom stereocenters. The second-order valence-electron chi connectivity index (χ2n) is 7.96. The Bertz CT molecular complexity index is 1410. The van der Waals surface area contributed by atoms with Crippen LogP contribution in [-0.2, 0) is 24.7 Å². The molecule has 0 atom stereocenters. The minimum atomic E-state index is -3.66. The van der Waals surface area contributed by atoms with Crippen LogP contribution in [0.5, 0.6) is 0 Å². The molecule has 0 aliphatic carbocycles. The van der Waals surface area contributed by atoms with Crippen LogP contribution in [0, 0.1) is 5.92 Å². The van der Waals surface area contributed by atoms with Gasteiger partial charge in [0.15, 0.2) is 9.84 Å². The first-order valence-electron chi connectivity index (χ1n) is 10.8. The summed E-state index contributed by atoms with van der Waals surface area (Å²) < 4.78 is 56.4. The summed E-state index contributed by atoms with van der Waals surface area (Å²) in [7, 11) is -6.99. The Labute approximate surface area is 208 Å². The number of sulfonamides is 1. The number of hydrogen-bond donors (Lipinski definition) is 1. The monoisotopic (exact) mass is 538 g/mol. The van der Waals surface area contributed by atoms with Gasteiger partial charge in [-0.25, -0.2) is 16.8 Å². The average molecular weight is 539 g/mol. The lowest BCUT2D eigenvalue weighted by molar-refractivity contribution is -0.121. The van der Waals surface area contributed by atoms with E-state index >= 15 is 0 Å². The van der Waals surface area contributed by atoms with Crippen LogP contribution >= 0.6 is 11.6 Å². The van der Waals surface area contributed by atoms with Gasteiger partial charge in [0, 0.05) is 29.6 Å². The van der Waals surface area contributed by atoms with E-state index in [0.717, 1.165) is 0 Å². The number of piperidine rings is 1. The number of nitrogens with one attached hydrogen (secondary N) is 1. The third-order valence-corrected chi connectivity index (χ3v) is 9.69. The number of carbonyl (C=O) groups excluding carboxylic acids is 1. The van der Waals surface area contributed by atoms with Gasteiger partial charge in [-0.15, -0.1) is 5.10 Å². The molecule has 3 aromatic rings. The number of hydrogen-bond acceptors (Lipinski definition) is 8. The summed E-state index contributed by atoms with van der Waals surface area (Å²) in [5, 5.41) is 10.8. The molecular weight excluding hydrogens is 516 g/mol. The molecule has 0 bridgehead atoms. The molecule has 0 spiro atoms. The lowest BCUT2D eigenvalue weighted by Gasteiger charge is -2.30. The Morgan fingerprint density at radius 1 is 1.00 bits per heavy atom. The van der Waals surface area contributed by atoms with Crippen LogP contribution in [0.25, 0.3) is 11.5 Å². The van der Waals surface area contributed by atoms with Crippen molar-refractivity contribution < 1.29 is 26.0 Å². The quantitative estimate of drug-likeness (QED) is 0.483. The highest BCUT2D eigenvalue weighted by Gasteiger charge is 2.32. The molecule has 1 amide bonds. The molecule has 2 aromatic carbocycles. The summed E-state index contributed by atoms with van der Waals surface area (Å²) >= 11 is 5.84. The highest BCUT2D eigenvalue weighted by Crippen LogP contribution is 2.27. The summed E-state index contributed by atoms with van der Waals surface area (Å²) in [6.07, 6.45) is 0.681. The molecule has 1 aliphatic rings. The Hall–Kier alpha value is -2.80. The predicted octanol–water partition coefficient (Wildman–Crippen LogP) is 3.22. The molecule has 1 saturated heterocycles. The van der Waals surface area contributed by atoms with E-state index in [4.69, 9.17) is 16.0 Å². The van der Waals surface area contributed by atoms with E-state index in [-0.39, 0.29) is 46.4 Å². The summed E-state index contributed by atoms with van der Waals surface area (Å²) in [4.78, 5) is 13.0. The van der Waals surface area contributed by atoms with Gasteiger partial charge >= 0.3 is 6.01 Å². The van der Waals surface area contributed by atoms with Crippen molar-refractivity contribution in [1.29, 1.82) is 0 Å². The third-order valence-electron chi connectivity index (χ3n) is 5.77. The number of amides is 1. The highest BCUT2D eigenvalue weighted by molar-refractivity contribution is 7.91. The van der Waals surface area contributed by atoms with Crippen LogP contribution in [0.2, 0.25) is 5.02 Å². The zero-order valence-corrected chi connectivity index (χ0v) is 21.1. The van der Waals surface area contributed by atoms with Gasteiger partial charge < -0.3 is 4.42 Å². The van der Waals surface area contributed by atoms with Gasteiger partial charge in [-0.05, 0) is 61.4 Å². The van der Waals surface area contributed by atoms with Crippen molar-refractivity contribution in [3.63, 3.8) is 0 Å². The molecule has 4 rings (SSSR count). The second-order valence-corrected chi connectivity index (χ2v) is 12.6. The fourth-order valence-corrected chi connectivity index (χ4v) is 6.16. The molecule has 0 radical (unpaired) electrons. The Balaban J connectivity index is 1.35. The van der Waals surface area contributed by atoms with Crippen molar-refractivity contribution in [2.75, 3.05) is 24.2 Å². The van der Waals surface area contributed by atoms with Crippen LogP contribution in [0.15, 0.2) is 62.7 Å². The molecule has 0 saturated carbocycles. The molecule has 35 heavy (non-hydrogen) atoms. The molecule has 1 N–H and O–H groups in total. The molecule has 1 fully saturated rings. The van der Waals surface area contributed by atoms with E-state index in [2.05, 4.69) is 15.5 Å². The molecular formula is C22H23ClN4O6S2. The topological polar surface area (TPSA) is 140 Å². The lowest BCUT2D eigenvalue weighted by Crippen LogP contribution is -2.41. The smallest absolute Gasteiger partial charge is 0.322 e. The molecule has 10 nitrogen and oxygen atoms in total. The van der Waals surface area contributed by atoms with E-state index in [1.807, 2.05) is 0 Å². The van der Waals surface area contributed by atoms with Gasteiger partial charge in [0.1, 0.15) is 0 Å². The zero-order valence-electron chi connectivity index (χ0n) is 18.7. The zero-order chi connectivity index (χ0) is 25.2. The Morgan fingerprint density at radius 2 is 1.60 bits per heavy atom. The summed E-state index contributed by atoms with van der Waals surface area (Å²) in [6.45, 7) is 1.97. The van der Waals surface area contributed by atoms with Gasteiger partial charge in [0.05, 0.1) is 15.5 Å². The van der Waals surface area contributed by atoms with Gasteiger partial charge in [0.25, 0.3) is 0 Å². The van der Waals surface area contributed by atoms with Gasteiger partial charge in [0.2, 0.25) is 21.8 Å². The fraction of sp³-hybridized carbons (Fsp3) is 0.318. The highest BCUT2D eigenvalue weighted by atomic mass is 35.5. The summed E-state index contributed by atoms with van der Waals surface area (Å²) in [5.41, 5.74) is 0.508. The van der Waals surface area contributed by atoms with Crippen molar-refractivity contribution in [3.05, 3.63) is 53.6 Å². The van der Waals surface area contributed by atoms with Crippen LogP contribution in [0.3, 0.4) is 0 Å². The normalized spacial score (nSPS) is 15.7. The number of sulfone groups is 1. The molecule has 186 valence electrons. The van der Waals surface area contributed by atoms with E-state index in [9.17, 15) is 21.6 Å². The van der Waals surface area contributed by atoms with Gasteiger partial charge in [-0.2, -0.15) is 4.31 Å². The Morgan fingerprint density at radius 3 is 2.20 bits per heavy atom. The molecule has 13 heteroatoms. The number of nitrogens with zero attached hydrogens (tertiary/aromatic N) is 3. The fourth-order valence-electron chi connectivity index (χ4n) is 3.68. The first kappa shape index (κ1) is 25.3. The van der Waals surface area contributed by atoms with E-state index < -0.39 is 25.8 Å². The van der Waals surface area contributed by atoms with Crippen LogP contribution in [0.1, 0.15) is 19.8 Å². The predicted molar refractivity (Wildman–Crippen MR) is 129 cm³/mol. The largest absolute Gasteiger partial charge is 0.403 e. The number of anilines is 1. The van der Waals surface area contributed by atoms with Gasteiger partial charge in [-0.1, -0.05) is 23.6 Å². The molecule has 2 heterocycles. The minimum absolute atomic E-state index is 0.00489. The van der Waals surface area contributed by atoms with Crippen molar-refractivity contribution in [3.8, 4) is 11.5 Å². The van der Waals surface area contributed by atoms with E-state index in [0.29, 0.717) is 23.4 Å². The number of halogens is 1. The van der Waals surface area contributed by atoms with Gasteiger partial charge in [-0.3, -0.25) is 10.1 Å². The SMILES string of the molecule is CCS(=O)(=O)c1ccc(-c2nnc(NC(=O)C3CCN(S(=O)(=O)c4ccc(Cl)cc4)CC3)o2)cc1. The number of benzene rings is 2. The maximum absolute atomic E-state index is 12.8. The van der Waals surface area contributed by atoms with Crippen LogP contribution in [0.4, 0.5) is 6.01 Å². The van der Waals surface area contributed by atoms with Crippen molar-refractivity contribution in [2.45, 2.75) is 29.6 Å². The van der Waals surface area contributed by atoms with Crippen LogP contribution in [-0.4, -0.2) is 56.1 Å². The summed E-state index contributed by atoms with van der Waals surface area (Å²) in [5.74, 6) is -0.631. The number of carbonyl (C=O) groups is 1. The van der Waals surface area contributed by atoms with Crippen molar-refractivity contribution in [2.24, 2.45) is 5.92 Å². The minimum Gasteiger partial charge on any atom is -0.403 e. The molecule has 1 aliphatic heterocycles. The molecule has 1 aromatic heterocycles. The maximum Gasteiger partial charge on any atom is 0.322 e. The second kappa shape index (κ2) is 10.1.